The largest absolute Gasteiger partial charge is 0.487 e. The van der Waals surface area contributed by atoms with Crippen LogP contribution in [0.3, 0.4) is 0 Å². The first-order chi connectivity index (χ1) is 8.50. The molecule has 0 spiro atoms. The van der Waals surface area contributed by atoms with Crippen LogP contribution >= 0.6 is 0 Å². The van der Waals surface area contributed by atoms with Gasteiger partial charge >= 0.3 is 5.97 Å². The summed E-state index contributed by atoms with van der Waals surface area (Å²) in [4.78, 5) is 11.2. The van der Waals surface area contributed by atoms with Crippen LogP contribution in [0, 0.1) is 0 Å². The van der Waals surface area contributed by atoms with E-state index in [0.29, 0.717) is 11.4 Å². The van der Waals surface area contributed by atoms with Gasteiger partial charge in [0, 0.05) is 5.69 Å². The molecule has 0 heterocycles. The van der Waals surface area contributed by atoms with Crippen LogP contribution in [0.25, 0.3) is 0 Å². The molecule has 1 aromatic carbocycles. The Balaban J connectivity index is 2.25. The van der Waals surface area contributed by atoms with Crippen molar-refractivity contribution in [2.45, 2.75) is 44.6 Å². The summed E-state index contributed by atoms with van der Waals surface area (Å²) in [7, 11) is 0. The molecule has 0 aliphatic heterocycles. The molecule has 2 rings (SSSR count). The number of nitrogen functional groups attached to an aromatic ring is 1. The molecule has 0 atom stereocenters. The van der Waals surface area contributed by atoms with Gasteiger partial charge in [0.25, 0.3) is 0 Å². The minimum atomic E-state index is -1.00. The molecule has 0 bridgehead atoms. The highest BCUT2D eigenvalue weighted by Crippen LogP contribution is 2.34. The second kappa shape index (κ2) is 4.88. The summed E-state index contributed by atoms with van der Waals surface area (Å²) in [5.41, 5.74) is 5.94. The van der Waals surface area contributed by atoms with Crippen LogP contribution < -0.4 is 10.5 Å². The van der Waals surface area contributed by atoms with Gasteiger partial charge in [0.1, 0.15) is 16.9 Å². The highest BCUT2D eigenvalue weighted by Gasteiger charge is 2.30. The Morgan fingerprint density at radius 2 is 2.00 bits per heavy atom. The lowest BCUT2D eigenvalue weighted by molar-refractivity contribution is 0.0454. The summed E-state index contributed by atoms with van der Waals surface area (Å²) in [6, 6.07) is 4.77. The van der Waals surface area contributed by atoms with Gasteiger partial charge in [-0.3, -0.25) is 0 Å². The Labute approximate surface area is 107 Å². The molecule has 3 N–H and O–H groups in total. The predicted molar refractivity (Wildman–Crippen MR) is 69.9 cm³/mol. The van der Waals surface area contributed by atoms with E-state index >= 15 is 0 Å². The first-order valence-electron chi connectivity index (χ1n) is 6.32. The van der Waals surface area contributed by atoms with Gasteiger partial charge in [0.15, 0.2) is 0 Å². The first-order valence-corrected chi connectivity index (χ1v) is 6.32. The maximum Gasteiger partial charge on any atom is 0.339 e. The van der Waals surface area contributed by atoms with E-state index in [1.165, 1.54) is 12.5 Å². The molecular formula is C14H19NO3. The molecule has 4 nitrogen and oxygen atoms in total. The van der Waals surface area contributed by atoms with Crippen LogP contribution in [-0.4, -0.2) is 16.7 Å². The fraction of sp³-hybridized carbons (Fsp3) is 0.500. The van der Waals surface area contributed by atoms with E-state index in [1.807, 2.05) is 6.92 Å². The third-order valence-corrected chi connectivity index (χ3v) is 3.50. The highest BCUT2D eigenvalue weighted by molar-refractivity contribution is 5.92. The molecule has 1 saturated carbocycles. The SMILES string of the molecule is CC1(Oc2ccc(N)cc2C(=O)O)CCCCC1. The van der Waals surface area contributed by atoms with Gasteiger partial charge in [-0.05, 0) is 50.8 Å². The molecule has 1 aromatic rings. The number of carboxylic acids is 1. The Morgan fingerprint density at radius 3 is 2.61 bits per heavy atom. The molecule has 0 radical (unpaired) electrons. The first kappa shape index (κ1) is 12.7. The number of rotatable bonds is 3. The van der Waals surface area contributed by atoms with E-state index in [2.05, 4.69) is 0 Å². The summed E-state index contributed by atoms with van der Waals surface area (Å²) in [6.45, 7) is 2.05. The number of benzene rings is 1. The topological polar surface area (TPSA) is 72.5 Å². The fourth-order valence-electron chi connectivity index (χ4n) is 2.47. The summed E-state index contributed by atoms with van der Waals surface area (Å²) in [5.74, 6) is -0.585. The van der Waals surface area contributed by atoms with Crippen LogP contribution in [0.15, 0.2) is 18.2 Å². The summed E-state index contributed by atoms with van der Waals surface area (Å²) >= 11 is 0. The van der Waals surface area contributed by atoms with Gasteiger partial charge in [0.05, 0.1) is 0 Å². The second-order valence-corrected chi connectivity index (χ2v) is 5.17. The third kappa shape index (κ3) is 2.75. The highest BCUT2D eigenvalue weighted by atomic mass is 16.5. The van der Waals surface area contributed by atoms with Crippen LogP contribution in [0.5, 0.6) is 5.75 Å². The molecule has 1 aliphatic rings. The molecule has 0 amide bonds. The van der Waals surface area contributed by atoms with Crippen LogP contribution in [0.4, 0.5) is 5.69 Å². The molecule has 4 heteroatoms. The monoisotopic (exact) mass is 249 g/mol. The predicted octanol–water partition coefficient (Wildman–Crippen LogP) is 3.07. The van der Waals surface area contributed by atoms with Crippen molar-refractivity contribution in [3.8, 4) is 5.75 Å². The minimum absolute atomic E-state index is 0.141. The maximum atomic E-state index is 11.2. The molecule has 98 valence electrons. The van der Waals surface area contributed by atoms with Gasteiger partial charge in [-0.2, -0.15) is 0 Å². The zero-order chi connectivity index (χ0) is 13.2. The van der Waals surface area contributed by atoms with Crippen molar-refractivity contribution in [3.63, 3.8) is 0 Å². The zero-order valence-electron chi connectivity index (χ0n) is 10.6. The van der Waals surface area contributed by atoms with Crippen LogP contribution in [0.2, 0.25) is 0 Å². The lowest BCUT2D eigenvalue weighted by atomic mass is 9.86. The smallest absolute Gasteiger partial charge is 0.339 e. The van der Waals surface area contributed by atoms with Crippen molar-refractivity contribution in [3.05, 3.63) is 23.8 Å². The summed E-state index contributed by atoms with van der Waals surface area (Å²) < 4.78 is 5.95. The van der Waals surface area contributed by atoms with Crippen LogP contribution in [-0.2, 0) is 0 Å². The summed E-state index contributed by atoms with van der Waals surface area (Å²) in [5, 5.41) is 9.17. The number of carboxylic acid groups (broad SMARTS) is 1. The summed E-state index contributed by atoms with van der Waals surface area (Å²) in [6.07, 6.45) is 5.43. The number of anilines is 1. The van der Waals surface area contributed by atoms with E-state index in [9.17, 15) is 4.79 Å². The zero-order valence-corrected chi connectivity index (χ0v) is 10.6. The third-order valence-electron chi connectivity index (χ3n) is 3.50. The second-order valence-electron chi connectivity index (χ2n) is 5.17. The molecule has 18 heavy (non-hydrogen) atoms. The molecule has 1 fully saturated rings. The van der Waals surface area contributed by atoms with E-state index < -0.39 is 5.97 Å². The molecular weight excluding hydrogens is 230 g/mol. The van der Waals surface area contributed by atoms with E-state index in [0.717, 1.165) is 25.7 Å². The number of nitrogens with two attached hydrogens (primary N) is 1. The Hall–Kier alpha value is -1.71. The van der Waals surface area contributed by atoms with E-state index in [-0.39, 0.29) is 11.2 Å². The quantitative estimate of drug-likeness (QED) is 0.807. The Kier molecular flexibility index (Phi) is 3.45. The normalized spacial score (nSPS) is 18.3. The molecule has 0 aromatic heterocycles. The number of aromatic carboxylic acids is 1. The Bertz CT molecular complexity index is 450. The minimum Gasteiger partial charge on any atom is -0.487 e. The van der Waals surface area contributed by atoms with Crippen molar-refractivity contribution >= 4 is 11.7 Å². The van der Waals surface area contributed by atoms with E-state index in [4.69, 9.17) is 15.6 Å². The Morgan fingerprint density at radius 1 is 1.33 bits per heavy atom. The molecule has 1 aliphatic carbocycles. The van der Waals surface area contributed by atoms with Gasteiger partial charge in [-0.1, -0.05) is 6.42 Å². The standard InChI is InChI=1S/C14H19NO3/c1-14(7-3-2-4-8-14)18-12-6-5-10(15)9-11(12)13(16)17/h5-6,9H,2-4,7-8,15H2,1H3,(H,16,17). The van der Waals surface area contributed by atoms with E-state index in [1.54, 1.807) is 12.1 Å². The van der Waals surface area contributed by atoms with Crippen molar-refractivity contribution in [1.82, 2.24) is 0 Å². The van der Waals surface area contributed by atoms with Crippen molar-refractivity contribution in [1.29, 1.82) is 0 Å². The van der Waals surface area contributed by atoms with Gasteiger partial charge in [-0.25, -0.2) is 4.79 Å². The van der Waals surface area contributed by atoms with Gasteiger partial charge in [-0.15, -0.1) is 0 Å². The lowest BCUT2D eigenvalue weighted by Gasteiger charge is -2.34. The molecule has 0 saturated heterocycles. The maximum absolute atomic E-state index is 11.2. The molecule has 0 unspecified atom stereocenters. The number of carbonyl (C=O) groups is 1. The fourth-order valence-corrected chi connectivity index (χ4v) is 2.47. The number of hydrogen-bond acceptors (Lipinski definition) is 3. The van der Waals surface area contributed by atoms with Gasteiger partial charge in [0.2, 0.25) is 0 Å². The van der Waals surface area contributed by atoms with Crippen molar-refractivity contribution in [2.75, 3.05) is 5.73 Å². The van der Waals surface area contributed by atoms with Crippen LogP contribution in [0.1, 0.15) is 49.4 Å². The van der Waals surface area contributed by atoms with Gasteiger partial charge < -0.3 is 15.6 Å². The van der Waals surface area contributed by atoms with Crippen molar-refractivity contribution in [2.24, 2.45) is 0 Å². The average molecular weight is 249 g/mol. The number of ether oxygens (including phenoxy) is 1. The lowest BCUT2D eigenvalue weighted by Crippen LogP contribution is -2.35. The average Bonchev–Trinajstić information content (AvgIpc) is 2.32. The number of hydrogen-bond donors (Lipinski definition) is 2. The van der Waals surface area contributed by atoms with Crippen molar-refractivity contribution < 1.29 is 14.6 Å².